The summed E-state index contributed by atoms with van der Waals surface area (Å²) < 4.78 is 0. The van der Waals surface area contributed by atoms with E-state index in [4.69, 9.17) is 5.11 Å². The topological polar surface area (TPSA) is 49.3 Å². The van der Waals surface area contributed by atoms with Gasteiger partial charge in [-0.3, -0.25) is 4.79 Å². The van der Waals surface area contributed by atoms with Crippen LogP contribution in [0.25, 0.3) is 0 Å². The van der Waals surface area contributed by atoms with E-state index in [1.54, 1.807) is 13.8 Å². The predicted octanol–water partition coefficient (Wildman–Crippen LogP) is -0.0889. The van der Waals surface area contributed by atoms with Crippen LogP contribution in [-0.2, 0) is 4.79 Å². The van der Waals surface area contributed by atoms with E-state index in [0.29, 0.717) is 0 Å². The molecule has 0 bridgehead atoms. The second-order valence-electron chi connectivity index (χ2n) is 2.18. The fraction of sp³-hybridized carbons (Fsp3) is 0.667. The minimum absolute atomic E-state index is 0.0959. The molecule has 9 heavy (non-hydrogen) atoms. The standard InChI is InChI=1S/C6H12NO2/c1-4(2)6(9)7-5(3)8/h4-5,8H,3H2,1-2H3,(H,7,9). The van der Waals surface area contributed by atoms with E-state index in [9.17, 15) is 4.79 Å². The lowest BCUT2D eigenvalue weighted by molar-refractivity contribution is -0.126. The summed E-state index contributed by atoms with van der Waals surface area (Å²) in [5, 5.41) is 10.8. The van der Waals surface area contributed by atoms with Crippen molar-refractivity contribution in [3.05, 3.63) is 6.92 Å². The van der Waals surface area contributed by atoms with Crippen molar-refractivity contribution in [2.24, 2.45) is 5.92 Å². The SMILES string of the molecule is [CH2]C(O)NC(=O)C(C)C. The molecule has 0 aliphatic rings. The third-order valence-corrected chi connectivity index (χ3v) is 0.833. The Morgan fingerprint density at radius 2 is 2.11 bits per heavy atom. The molecule has 0 aromatic heterocycles. The zero-order chi connectivity index (χ0) is 7.44. The highest BCUT2D eigenvalue weighted by Crippen LogP contribution is 1.90. The summed E-state index contributed by atoms with van der Waals surface area (Å²) in [6, 6.07) is 0. The number of hydrogen-bond donors (Lipinski definition) is 2. The summed E-state index contributed by atoms with van der Waals surface area (Å²) in [6.45, 7) is 6.68. The van der Waals surface area contributed by atoms with E-state index in [0.717, 1.165) is 0 Å². The highest BCUT2D eigenvalue weighted by Gasteiger charge is 2.07. The second-order valence-corrected chi connectivity index (χ2v) is 2.18. The molecule has 0 fully saturated rings. The van der Waals surface area contributed by atoms with Crippen molar-refractivity contribution in [3.63, 3.8) is 0 Å². The maximum atomic E-state index is 10.6. The first kappa shape index (κ1) is 8.43. The van der Waals surface area contributed by atoms with Crippen LogP contribution in [0, 0.1) is 12.8 Å². The Bertz CT molecular complexity index is 99.2. The van der Waals surface area contributed by atoms with Crippen molar-refractivity contribution in [2.45, 2.75) is 20.1 Å². The zero-order valence-corrected chi connectivity index (χ0v) is 5.72. The van der Waals surface area contributed by atoms with Gasteiger partial charge in [-0.15, -0.1) is 0 Å². The Labute approximate surface area is 55.1 Å². The van der Waals surface area contributed by atoms with Crippen molar-refractivity contribution < 1.29 is 9.90 Å². The van der Waals surface area contributed by atoms with Gasteiger partial charge in [-0.25, -0.2) is 0 Å². The Morgan fingerprint density at radius 3 is 2.22 bits per heavy atom. The van der Waals surface area contributed by atoms with Gasteiger partial charge in [0.15, 0.2) is 0 Å². The first-order chi connectivity index (χ1) is 4.04. The van der Waals surface area contributed by atoms with Crippen LogP contribution in [0.15, 0.2) is 0 Å². The van der Waals surface area contributed by atoms with Crippen molar-refractivity contribution in [1.29, 1.82) is 0 Å². The van der Waals surface area contributed by atoms with Crippen LogP contribution in [0.3, 0.4) is 0 Å². The molecular formula is C6H12NO2. The molecule has 53 valence electrons. The lowest BCUT2D eigenvalue weighted by atomic mass is 10.2. The molecule has 1 radical (unpaired) electrons. The fourth-order valence-corrected chi connectivity index (χ4v) is 0.331. The molecule has 0 spiro atoms. The van der Waals surface area contributed by atoms with E-state index < -0.39 is 6.23 Å². The van der Waals surface area contributed by atoms with Crippen LogP contribution >= 0.6 is 0 Å². The molecule has 0 aliphatic heterocycles. The van der Waals surface area contributed by atoms with Crippen LogP contribution in [0.5, 0.6) is 0 Å². The molecule has 3 nitrogen and oxygen atoms in total. The normalized spacial score (nSPS) is 13.4. The van der Waals surface area contributed by atoms with E-state index in [2.05, 4.69) is 12.2 Å². The maximum absolute atomic E-state index is 10.6. The summed E-state index contributed by atoms with van der Waals surface area (Å²) in [5.41, 5.74) is 0. The van der Waals surface area contributed by atoms with E-state index in [1.807, 2.05) is 0 Å². The van der Waals surface area contributed by atoms with Gasteiger partial charge in [0.25, 0.3) is 0 Å². The molecule has 0 saturated heterocycles. The summed E-state index contributed by atoms with van der Waals surface area (Å²) in [6.07, 6.45) is -0.986. The Morgan fingerprint density at radius 1 is 1.67 bits per heavy atom. The number of carbonyl (C=O) groups is 1. The van der Waals surface area contributed by atoms with Crippen molar-refractivity contribution in [2.75, 3.05) is 0 Å². The molecule has 3 heteroatoms. The van der Waals surface area contributed by atoms with Crippen molar-refractivity contribution in [3.8, 4) is 0 Å². The van der Waals surface area contributed by atoms with Crippen LogP contribution in [0.4, 0.5) is 0 Å². The van der Waals surface area contributed by atoms with E-state index >= 15 is 0 Å². The minimum Gasteiger partial charge on any atom is -0.374 e. The van der Waals surface area contributed by atoms with Gasteiger partial charge in [-0.05, 0) is 6.92 Å². The quantitative estimate of drug-likeness (QED) is 0.513. The molecule has 0 aromatic carbocycles. The Kier molecular flexibility index (Phi) is 3.24. The summed E-state index contributed by atoms with van der Waals surface area (Å²) >= 11 is 0. The van der Waals surface area contributed by atoms with Gasteiger partial charge in [0.2, 0.25) is 5.91 Å². The Balaban J connectivity index is 3.51. The minimum atomic E-state index is -0.986. The van der Waals surface area contributed by atoms with Crippen LogP contribution in [-0.4, -0.2) is 17.2 Å². The highest BCUT2D eigenvalue weighted by atomic mass is 16.3. The summed E-state index contributed by atoms with van der Waals surface area (Å²) in [4.78, 5) is 10.6. The number of nitrogens with one attached hydrogen (secondary N) is 1. The number of rotatable bonds is 2. The monoisotopic (exact) mass is 130 g/mol. The number of hydrogen-bond acceptors (Lipinski definition) is 2. The van der Waals surface area contributed by atoms with Gasteiger partial charge in [-0.2, -0.15) is 0 Å². The first-order valence-corrected chi connectivity index (χ1v) is 2.85. The lowest BCUT2D eigenvalue weighted by Crippen LogP contribution is -2.35. The molecule has 1 unspecified atom stereocenters. The molecule has 0 aliphatic carbocycles. The molecule has 1 atom stereocenters. The van der Waals surface area contributed by atoms with Crippen LogP contribution < -0.4 is 5.32 Å². The van der Waals surface area contributed by atoms with Crippen LogP contribution in [0.2, 0.25) is 0 Å². The molecule has 0 saturated carbocycles. The largest absolute Gasteiger partial charge is 0.374 e. The van der Waals surface area contributed by atoms with Gasteiger partial charge < -0.3 is 10.4 Å². The maximum Gasteiger partial charge on any atom is 0.224 e. The van der Waals surface area contributed by atoms with Gasteiger partial charge in [0.1, 0.15) is 6.23 Å². The number of aliphatic hydroxyl groups excluding tert-OH is 1. The third kappa shape index (κ3) is 3.97. The average molecular weight is 130 g/mol. The van der Waals surface area contributed by atoms with Gasteiger partial charge in [0.05, 0.1) is 0 Å². The lowest BCUT2D eigenvalue weighted by Gasteiger charge is -2.08. The average Bonchev–Trinajstić information content (AvgIpc) is 1.63. The summed E-state index contributed by atoms with van der Waals surface area (Å²) in [5.74, 6) is -0.279. The zero-order valence-electron chi connectivity index (χ0n) is 5.72. The molecule has 2 N–H and O–H groups in total. The predicted molar refractivity (Wildman–Crippen MR) is 34.3 cm³/mol. The van der Waals surface area contributed by atoms with E-state index in [1.165, 1.54) is 0 Å². The molecule has 1 amide bonds. The van der Waals surface area contributed by atoms with Crippen molar-refractivity contribution >= 4 is 5.91 Å². The second kappa shape index (κ2) is 3.45. The number of amides is 1. The van der Waals surface area contributed by atoms with E-state index in [-0.39, 0.29) is 11.8 Å². The van der Waals surface area contributed by atoms with Gasteiger partial charge >= 0.3 is 0 Å². The van der Waals surface area contributed by atoms with Gasteiger partial charge in [0, 0.05) is 5.92 Å². The third-order valence-electron chi connectivity index (χ3n) is 0.833. The number of aliphatic hydroxyl groups is 1. The smallest absolute Gasteiger partial charge is 0.224 e. The summed E-state index contributed by atoms with van der Waals surface area (Å²) in [7, 11) is 0. The van der Waals surface area contributed by atoms with Gasteiger partial charge in [-0.1, -0.05) is 13.8 Å². The fourth-order valence-electron chi connectivity index (χ4n) is 0.331. The molecule has 0 aromatic rings. The van der Waals surface area contributed by atoms with Crippen molar-refractivity contribution in [1.82, 2.24) is 5.32 Å². The molecular weight excluding hydrogens is 118 g/mol. The molecule has 0 heterocycles. The molecule has 0 rings (SSSR count). The number of carbonyl (C=O) groups excluding carboxylic acids is 1. The van der Waals surface area contributed by atoms with Crippen LogP contribution in [0.1, 0.15) is 13.8 Å². The Hall–Kier alpha value is -0.570. The highest BCUT2D eigenvalue weighted by molar-refractivity contribution is 5.77. The first-order valence-electron chi connectivity index (χ1n) is 2.85.